The topological polar surface area (TPSA) is 95.9 Å². The van der Waals surface area contributed by atoms with Gasteiger partial charge in [-0.05, 0) is 104 Å². The molecular formula is C33H43ClN2O5S. The Kier molecular flexibility index (Phi) is 9.85. The summed E-state index contributed by atoms with van der Waals surface area (Å²) in [5.74, 6) is 0.250. The molecule has 2 N–H and O–H groups in total. The maximum atomic E-state index is 13.5. The lowest BCUT2D eigenvalue weighted by molar-refractivity contribution is 0.0461. The number of anilines is 1. The number of ether oxygens (including phenoxy) is 1. The maximum Gasteiger partial charge on any atom is 0.264 e. The quantitative estimate of drug-likeness (QED) is 0.387. The molecule has 1 saturated carbocycles. The summed E-state index contributed by atoms with van der Waals surface area (Å²) in [6.07, 6.45) is 9.60. The van der Waals surface area contributed by atoms with E-state index in [9.17, 15) is 18.3 Å². The highest BCUT2D eigenvalue weighted by molar-refractivity contribution is 7.90. The Bertz CT molecular complexity index is 1410. The fraction of sp³-hybridized carbons (Fsp3) is 0.545. The molecule has 5 rings (SSSR count). The van der Waals surface area contributed by atoms with Crippen molar-refractivity contribution in [2.24, 2.45) is 17.8 Å². The third-order valence-corrected chi connectivity index (χ3v) is 11.5. The smallest absolute Gasteiger partial charge is 0.264 e. The molecule has 0 spiro atoms. The molecule has 0 unspecified atom stereocenters. The van der Waals surface area contributed by atoms with Crippen LogP contribution in [0.3, 0.4) is 0 Å². The van der Waals surface area contributed by atoms with Crippen LogP contribution in [0.2, 0.25) is 5.02 Å². The van der Waals surface area contributed by atoms with E-state index in [0.717, 1.165) is 56.4 Å². The summed E-state index contributed by atoms with van der Waals surface area (Å²) in [5.41, 5.74) is 3.31. The second-order valence-electron chi connectivity index (χ2n) is 12.2. The lowest BCUT2D eigenvalue weighted by atomic mass is 9.70. The van der Waals surface area contributed by atoms with Gasteiger partial charge >= 0.3 is 0 Å². The van der Waals surface area contributed by atoms with Crippen molar-refractivity contribution in [2.75, 3.05) is 18.0 Å². The Labute approximate surface area is 255 Å². The minimum Gasteiger partial charge on any atom is -0.487 e. The van der Waals surface area contributed by atoms with Gasteiger partial charge in [0.15, 0.2) is 0 Å². The SMILES string of the molecule is CCC[C@H]1[C@H](C)C/C=C/[C@H](O)[C@@H]2CC[C@H]2CN2CCCCc3cc(Cl)ccc3COc3ccc(cc32)C(=O)NS1(=O)=O. The molecule has 0 saturated heterocycles. The van der Waals surface area contributed by atoms with Crippen LogP contribution in [-0.2, 0) is 23.1 Å². The summed E-state index contributed by atoms with van der Waals surface area (Å²) < 4.78 is 35.7. The minimum atomic E-state index is -3.93. The van der Waals surface area contributed by atoms with Crippen molar-refractivity contribution in [3.8, 4) is 5.75 Å². The Morgan fingerprint density at radius 2 is 1.95 bits per heavy atom. The monoisotopic (exact) mass is 614 g/mol. The molecule has 3 aliphatic rings. The number of halogens is 1. The van der Waals surface area contributed by atoms with E-state index in [1.807, 2.05) is 44.2 Å². The molecule has 0 radical (unpaired) electrons. The van der Waals surface area contributed by atoms with Crippen LogP contribution in [0.1, 0.15) is 80.3 Å². The predicted octanol–water partition coefficient (Wildman–Crippen LogP) is 6.27. The number of carbonyl (C=O) groups excluding carboxylic acids is 1. The van der Waals surface area contributed by atoms with Crippen molar-refractivity contribution < 1.29 is 23.1 Å². The summed E-state index contributed by atoms with van der Waals surface area (Å²) in [6.45, 7) is 5.68. The molecule has 1 amide bonds. The molecule has 1 aliphatic carbocycles. The molecule has 2 heterocycles. The third kappa shape index (κ3) is 6.98. The normalized spacial score (nSPS) is 29.0. The van der Waals surface area contributed by atoms with Gasteiger partial charge in [0.05, 0.1) is 17.0 Å². The van der Waals surface area contributed by atoms with Gasteiger partial charge in [0.1, 0.15) is 12.4 Å². The number of aliphatic hydroxyl groups excluding tert-OH is 1. The first-order valence-electron chi connectivity index (χ1n) is 15.4. The highest BCUT2D eigenvalue weighted by atomic mass is 35.5. The van der Waals surface area contributed by atoms with E-state index in [-0.39, 0.29) is 17.4 Å². The summed E-state index contributed by atoms with van der Waals surface area (Å²) in [6, 6.07) is 11.1. The van der Waals surface area contributed by atoms with Crippen LogP contribution >= 0.6 is 11.6 Å². The Morgan fingerprint density at radius 3 is 2.71 bits per heavy atom. The largest absolute Gasteiger partial charge is 0.487 e. The Morgan fingerprint density at radius 1 is 1.12 bits per heavy atom. The second-order valence-corrected chi connectivity index (χ2v) is 14.6. The zero-order chi connectivity index (χ0) is 29.9. The van der Waals surface area contributed by atoms with Gasteiger partial charge in [0.25, 0.3) is 5.91 Å². The molecule has 1 fully saturated rings. The van der Waals surface area contributed by atoms with Gasteiger partial charge in [-0.2, -0.15) is 0 Å². The van der Waals surface area contributed by atoms with Crippen molar-refractivity contribution in [2.45, 2.75) is 83.2 Å². The van der Waals surface area contributed by atoms with Crippen LogP contribution in [0.4, 0.5) is 5.69 Å². The van der Waals surface area contributed by atoms with Crippen molar-refractivity contribution in [1.29, 1.82) is 0 Å². The Balaban J connectivity index is 1.54. The molecule has 2 aromatic carbocycles. The number of amides is 1. The fourth-order valence-electron chi connectivity index (χ4n) is 6.65. The highest BCUT2D eigenvalue weighted by Crippen LogP contribution is 2.41. The molecule has 9 heteroatoms. The highest BCUT2D eigenvalue weighted by Gasteiger charge is 2.37. The number of fused-ring (bicyclic) bond motifs is 3. The molecule has 0 aromatic heterocycles. The molecular weight excluding hydrogens is 572 g/mol. The first-order valence-corrected chi connectivity index (χ1v) is 17.3. The van der Waals surface area contributed by atoms with Gasteiger partial charge in [-0.3, -0.25) is 4.79 Å². The Hall–Kier alpha value is -2.55. The molecule has 2 bridgehead atoms. The number of aliphatic hydroxyl groups is 1. The number of rotatable bonds is 2. The number of carbonyl (C=O) groups is 1. The van der Waals surface area contributed by atoms with Gasteiger partial charge < -0.3 is 14.7 Å². The van der Waals surface area contributed by atoms with Crippen molar-refractivity contribution in [1.82, 2.24) is 4.72 Å². The van der Waals surface area contributed by atoms with Crippen LogP contribution < -0.4 is 14.4 Å². The van der Waals surface area contributed by atoms with Crippen molar-refractivity contribution in [3.05, 3.63) is 70.3 Å². The van der Waals surface area contributed by atoms with E-state index in [1.165, 1.54) is 5.56 Å². The zero-order valence-electron chi connectivity index (χ0n) is 24.6. The number of hydrogen-bond acceptors (Lipinski definition) is 6. The molecule has 42 heavy (non-hydrogen) atoms. The molecule has 228 valence electrons. The number of sulfonamides is 1. The minimum absolute atomic E-state index is 0.139. The first-order chi connectivity index (χ1) is 20.2. The van der Waals surface area contributed by atoms with E-state index in [0.29, 0.717) is 42.6 Å². The molecule has 7 nitrogen and oxygen atoms in total. The fourth-order valence-corrected chi connectivity index (χ4v) is 8.65. The van der Waals surface area contributed by atoms with Crippen LogP contribution in [-0.4, -0.2) is 43.9 Å². The number of aryl methyl sites for hydroxylation is 1. The number of allylic oxidation sites excluding steroid dienone is 1. The van der Waals surface area contributed by atoms with Crippen LogP contribution in [0, 0.1) is 17.8 Å². The third-order valence-electron chi connectivity index (χ3n) is 9.29. The summed E-state index contributed by atoms with van der Waals surface area (Å²) in [7, 11) is -3.93. The van der Waals surface area contributed by atoms with E-state index < -0.39 is 27.3 Å². The van der Waals surface area contributed by atoms with Gasteiger partial charge in [-0.25, -0.2) is 13.1 Å². The predicted molar refractivity (Wildman–Crippen MR) is 168 cm³/mol. The number of benzene rings is 2. The number of nitrogens with zero attached hydrogens (tertiary/aromatic N) is 1. The molecule has 5 atom stereocenters. The lowest BCUT2D eigenvalue weighted by Gasteiger charge is -2.42. The standard InChI is InChI=1S/C33H43ClN2O5S/c1-3-7-32-22(2)8-6-10-30(37)28-15-12-25(28)20-36-17-5-4-9-23-18-27(34)14-11-26(23)21-41-31-16-13-24(19-29(31)36)33(38)35-42(32,39)40/h6,10-11,13-14,16,18-19,22,25,28,30,32,37H,3-5,7-9,12,15,17,20-21H2,1-2H3,(H,35,38)/b10-6+/t22-,25+,28-,30+,32+/m1/s1. The van der Waals surface area contributed by atoms with Gasteiger partial charge in [0, 0.05) is 23.7 Å². The average molecular weight is 615 g/mol. The van der Waals surface area contributed by atoms with Gasteiger partial charge in [-0.1, -0.05) is 50.1 Å². The summed E-state index contributed by atoms with van der Waals surface area (Å²) in [5, 5.41) is 11.1. The van der Waals surface area contributed by atoms with E-state index >= 15 is 0 Å². The van der Waals surface area contributed by atoms with Gasteiger partial charge in [0.2, 0.25) is 10.0 Å². The van der Waals surface area contributed by atoms with Gasteiger partial charge in [-0.15, -0.1) is 0 Å². The molecule has 2 aromatic rings. The van der Waals surface area contributed by atoms with E-state index in [2.05, 4.69) is 9.62 Å². The van der Waals surface area contributed by atoms with E-state index in [4.69, 9.17) is 16.3 Å². The van der Waals surface area contributed by atoms with Crippen LogP contribution in [0.5, 0.6) is 5.75 Å². The number of hydrogen-bond donors (Lipinski definition) is 2. The maximum absolute atomic E-state index is 13.5. The van der Waals surface area contributed by atoms with Crippen LogP contribution in [0.25, 0.3) is 0 Å². The second kappa shape index (κ2) is 13.4. The summed E-state index contributed by atoms with van der Waals surface area (Å²) >= 11 is 6.31. The number of nitrogens with one attached hydrogen (secondary N) is 1. The van der Waals surface area contributed by atoms with Crippen LogP contribution in [0.15, 0.2) is 48.6 Å². The lowest BCUT2D eigenvalue weighted by Crippen LogP contribution is -2.43. The van der Waals surface area contributed by atoms with Crippen molar-refractivity contribution >= 4 is 33.2 Å². The molecule has 2 aliphatic heterocycles. The first kappa shape index (κ1) is 30.9. The summed E-state index contributed by atoms with van der Waals surface area (Å²) in [4.78, 5) is 15.7. The van der Waals surface area contributed by atoms with Crippen molar-refractivity contribution in [3.63, 3.8) is 0 Å². The van der Waals surface area contributed by atoms with E-state index in [1.54, 1.807) is 18.2 Å². The zero-order valence-corrected chi connectivity index (χ0v) is 26.2. The average Bonchev–Trinajstić information content (AvgIpc) is 2.96.